The second-order valence-electron chi connectivity index (χ2n) is 2.85. The van der Waals surface area contributed by atoms with E-state index in [4.69, 9.17) is 0 Å². The van der Waals surface area contributed by atoms with Gasteiger partial charge >= 0.3 is 5.64 Å². The zero-order chi connectivity index (χ0) is 11.3. The second kappa shape index (κ2) is 5.27. The van der Waals surface area contributed by atoms with Gasteiger partial charge in [0.1, 0.15) is 6.33 Å². The monoisotopic (exact) mass is 239 g/mol. The van der Waals surface area contributed by atoms with Crippen LogP contribution in [0.1, 0.15) is 11.3 Å². The molecule has 7 heteroatoms. The molecule has 0 atom stereocenters. The second-order valence-corrected chi connectivity index (χ2v) is 3.28. The Labute approximate surface area is 89.7 Å². The van der Waals surface area contributed by atoms with Gasteiger partial charge in [-0.1, -0.05) is 0 Å². The molecule has 1 aromatic rings. The fraction of sp³-hybridized carbons (Fsp3) is 0.500. The molecule has 0 saturated carbocycles. The Balaban J connectivity index is 0.000000195. The maximum atomic E-state index is 10.1. The topological polar surface area (TPSA) is 37.8 Å². The van der Waals surface area contributed by atoms with Gasteiger partial charge in [0.25, 0.3) is 0 Å². The Morgan fingerprint density at radius 1 is 1.40 bits per heavy atom. The first-order chi connectivity index (χ1) is 6.97. The summed E-state index contributed by atoms with van der Waals surface area (Å²) in [6.45, 7) is 1.96. The fourth-order valence-corrected chi connectivity index (χ4v) is 1.18. The number of hydrogen-bond acceptors (Lipinski definition) is 3. The molecule has 1 N–H and O–H groups in total. The Kier molecular flexibility index (Phi) is 4.28. The van der Waals surface area contributed by atoms with E-state index in [9.17, 15) is 13.2 Å². The van der Waals surface area contributed by atoms with Crippen molar-refractivity contribution in [2.45, 2.75) is 18.6 Å². The zero-order valence-electron chi connectivity index (χ0n) is 7.68. The molecular formula is C8H9ClF3N3. The van der Waals surface area contributed by atoms with Gasteiger partial charge in [0, 0.05) is 12.7 Å². The van der Waals surface area contributed by atoms with E-state index in [0.717, 1.165) is 25.2 Å². The lowest BCUT2D eigenvalue weighted by atomic mass is 10.1. The molecule has 15 heavy (non-hydrogen) atoms. The molecule has 0 aliphatic carbocycles. The minimum absolute atomic E-state index is 0.901. The van der Waals surface area contributed by atoms with Crippen molar-refractivity contribution in [2.24, 2.45) is 0 Å². The molecule has 0 spiro atoms. The molecule has 0 fully saturated rings. The number of nitrogens with one attached hydrogen (secondary N) is 1. The number of nitrogens with zero attached hydrogens (tertiary/aromatic N) is 2. The number of hydrogen-bond donors (Lipinski definition) is 1. The van der Waals surface area contributed by atoms with Crippen LogP contribution >= 0.6 is 11.6 Å². The SMILES string of the molecule is FC(F)(F)Cl.c1ncc2c(n1)CNCC2. The maximum absolute atomic E-state index is 10.1. The Bertz CT molecular complexity index is 285. The van der Waals surface area contributed by atoms with Crippen molar-refractivity contribution >= 4 is 11.6 Å². The van der Waals surface area contributed by atoms with Crippen LogP contribution in [0.15, 0.2) is 12.5 Å². The summed E-state index contributed by atoms with van der Waals surface area (Å²) in [4.78, 5) is 8.10. The third-order valence-electron chi connectivity index (χ3n) is 1.74. The molecule has 0 amide bonds. The van der Waals surface area contributed by atoms with Crippen LogP contribution in [0.25, 0.3) is 0 Å². The lowest BCUT2D eigenvalue weighted by Crippen LogP contribution is -2.24. The first-order valence-electron chi connectivity index (χ1n) is 4.21. The van der Waals surface area contributed by atoms with Crippen molar-refractivity contribution in [3.8, 4) is 0 Å². The molecule has 0 bridgehead atoms. The summed E-state index contributed by atoms with van der Waals surface area (Å²) in [6.07, 6.45) is 4.57. The average molecular weight is 240 g/mol. The van der Waals surface area contributed by atoms with Gasteiger partial charge in [-0.25, -0.2) is 9.97 Å². The predicted octanol–water partition coefficient (Wildman–Crippen LogP) is 1.87. The fourth-order valence-electron chi connectivity index (χ4n) is 1.18. The third-order valence-corrected chi connectivity index (χ3v) is 1.74. The summed E-state index contributed by atoms with van der Waals surface area (Å²) in [7, 11) is 0. The lowest BCUT2D eigenvalue weighted by Gasteiger charge is -2.13. The summed E-state index contributed by atoms with van der Waals surface area (Å²) in [5.74, 6) is 0. The summed E-state index contributed by atoms with van der Waals surface area (Å²) in [5, 5.41) is 3.25. The number of aromatic nitrogens is 2. The summed E-state index contributed by atoms with van der Waals surface area (Å²) >= 11 is 3.53. The van der Waals surface area contributed by atoms with E-state index in [2.05, 4.69) is 26.9 Å². The highest BCUT2D eigenvalue weighted by Crippen LogP contribution is 2.18. The first-order valence-corrected chi connectivity index (χ1v) is 4.58. The number of rotatable bonds is 0. The molecule has 2 heterocycles. The maximum Gasteiger partial charge on any atom is 0.475 e. The third kappa shape index (κ3) is 5.54. The minimum Gasteiger partial charge on any atom is -0.311 e. The van der Waals surface area contributed by atoms with Crippen molar-refractivity contribution in [1.82, 2.24) is 15.3 Å². The van der Waals surface area contributed by atoms with Crippen LogP contribution in [0.5, 0.6) is 0 Å². The summed E-state index contributed by atoms with van der Waals surface area (Å²) in [6, 6.07) is 0. The van der Waals surface area contributed by atoms with E-state index in [-0.39, 0.29) is 0 Å². The van der Waals surface area contributed by atoms with Crippen LogP contribution in [-0.4, -0.2) is 22.1 Å². The molecule has 0 unspecified atom stereocenters. The van der Waals surface area contributed by atoms with Gasteiger partial charge in [-0.3, -0.25) is 0 Å². The zero-order valence-corrected chi connectivity index (χ0v) is 8.44. The van der Waals surface area contributed by atoms with E-state index in [1.165, 1.54) is 5.56 Å². The van der Waals surface area contributed by atoms with Gasteiger partial charge in [-0.15, -0.1) is 0 Å². The van der Waals surface area contributed by atoms with Crippen LogP contribution in [0.4, 0.5) is 13.2 Å². The van der Waals surface area contributed by atoms with Crippen molar-refractivity contribution < 1.29 is 13.2 Å². The lowest BCUT2D eigenvalue weighted by molar-refractivity contribution is -0.0420. The van der Waals surface area contributed by atoms with E-state index in [1.807, 2.05) is 6.20 Å². The molecule has 84 valence electrons. The summed E-state index contributed by atoms with van der Waals surface area (Å²) in [5.41, 5.74) is -2.08. The van der Waals surface area contributed by atoms with Crippen molar-refractivity contribution in [3.63, 3.8) is 0 Å². The molecule has 1 aliphatic rings. The van der Waals surface area contributed by atoms with Gasteiger partial charge in [-0.2, -0.15) is 13.2 Å². The van der Waals surface area contributed by atoms with Gasteiger partial charge in [0.05, 0.1) is 5.69 Å². The smallest absolute Gasteiger partial charge is 0.311 e. The average Bonchev–Trinajstić information content (AvgIpc) is 2.16. The quantitative estimate of drug-likeness (QED) is 0.703. The van der Waals surface area contributed by atoms with E-state index in [1.54, 1.807) is 6.33 Å². The van der Waals surface area contributed by atoms with Gasteiger partial charge < -0.3 is 5.32 Å². The van der Waals surface area contributed by atoms with Crippen LogP contribution in [0.2, 0.25) is 0 Å². The van der Waals surface area contributed by atoms with E-state index >= 15 is 0 Å². The molecular weight excluding hydrogens is 231 g/mol. The Morgan fingerprint density at radius 2 is 2.07 bits per heavy atom. The molecule has 0 aromatic carbocycles. The molecule has 2 rings (SSSR count). The number of halogens is 4. The highest BCUT2D eigenvalue weighted by molar-refractivity contribution is 6.20. The first kappa shape index (κ1) is 12.2. The van der Waals surface area contributed by atoms with E-state index < -0.39 is 5.64 Å². The van der Waals surface area contributed by atoms with Crippen LogP contribution in [0, 0.1) is 0 Å². The molecule has 0 saturated heterocycles. The Hall–Kier alpha value is -0.880. The van der Waals surface area contributed by atoms with Crippen LogP contribution < -0.4 is 5.32 Å². The van der Waals surface area contributed by atoms with Gasteiger partial charge in [0.2, 0.25) is 0 Å². The minimum atomic E-state index is -4.53. The van der Waals surface area contributed by atoms with Crippen molar-refractivity contribution in [2.75, 3.05) is 6.54 Å². The number of fused-ring (bicyclic) bond motifs is 1. The number of alkyl halides is 4. The van der Waals surface area contributed by atoms with Gasteiger partial charge in [-0.05, 0) is 30.1 Å². The summed E-state index contributed by atoms with van der Waals surface area (Å²) < 4.78 is 30.4. The largest absolute Gasteiger partial charge is 0.475 e. The molecule has 3 nitrogen and oxygen atoms in total. The van der Waals surface area contributed by atoms with Crippen molar-refractivity contribution in [1.29, 1.82) is 0 Å². The highest BCUT2D eigenvalue weighted by Gasteiger charge is 2.20. The van der Waals surface area contributed by atoms with Crippen LogP contribution in [-0.2, 0) is 13.0 Å². The predicted molar refractivity (Wildman–Crippen MR) is 49.4 cm³/mol. The van der Waals surface area contributed by atoms with Crippen molar-refractivity contribution in [3.05, 3.63) is 23.8 Å². The molecule has 1 aromatic heterocycles. The standard InChI is InChI=1S/C7H9N3.CClF3/c1-2-8-4-7-6(1)3-9-5-10-7;2-1(3,4)5/h3,5,8H,1-2,4H2;. The van der Waals surface area contributed by atoms with Crippen LogP contribution in [0.3, 0.4) is 0 Å². The normalized spacial score (nSPS) is 14.9. The highest BCUT2D eigenvalue weighted by atomic mass is 35.5. The molecule has 1 aliphatic heterocycles. The Morgan fingerprint density at radius 3 is 2.67 bits per heavy atom. The van der Waals surface area contributed by atoms with Gasteiger partial charge in [0.15, 0.2) is 0 Å². The van der Waals surface area contributed by atoms with E-state index in [0.29, 0.717) is 0 Å². The molecule has 0 radical (unpaired) electrons.